The van der Waals surface area contributed by atoms with Crippen molar-refractivity contribution < 1.29 is 27.1 Å². The smallest absolute Gasteiger partial charge is 0.437 e. The van der Waals surface area contributed by atoms with Gasteiger partial charge in [-0.05, 0) is 72.2 Å². The van der Waals surface area contributed by atoms with Gasteiger partial charge < -0.3 is 18.8 Å². The first kappa shape index (κ1) is 43.4. The van der Waals surface area contributed by atoms with E-state index < -0.39 is 42.6 Å². The van der Waals surface area contributed by atoms with Crippen LogP contribution in [0.1, 0.15) is 65.5 Å². The lowest BCUT2D eigenvalue weighted by Gasteiger charge is -2.37. The number of hydrogen-bond donors (Lipinski definition) is 0. The number of allylic oxidation sites excluding steroid dienone is 7. The second-order valence-corrected chi connectivity index (χ2v) is 21.0. The minimum atomic E-state index is -5.07. The third-order valence-corrected chi connectivity index (χ3v) is 15.2. The molecule has 0 saturated carbocycles. The van der Waals surface area contributed by atoms with E-state index in [2.05, 4.69) is 83.8 Å². The lowest BCUT2D eigenvalue weighted by atomic mass is 9.74. The highest BCUT2D eigenvalue weighted by Gasteiger charge is 2.65. The fourth-order valence-corrected chi connectivity index (χ4v) is 7.81. The molecule has 4 rings (SSSR count). The normalized spacial score (nSPS) is 19.6. The predicted molar refractivity (Wildman–Crippen MR) is 217 cm³/mol. The first-order chi connectivity index (χ1) is 26.3. The summed E-state index contributed by atoms with van der Waals surface area (Å²) < 4.78 is 63.6. The maximum Gasteiger partial charge on any atom is 0.437 e. The Morgan fingerprint density at radius 2 is 1.59 bits per heavy atom. The molecule has 7 nitrogen and oxygen atoms in total. The maximum absolute atomic E-state index is 15.2. The highest BCUT2D eigenvalue weighted by molar-refractivity contribution is 6.74. The number of methoxy groups -OCH3 is 1. The Morgan fingerprint density at radius 3 is 2.12 bits per heavy atom. The molecule has 11 heteroatoms. The molecule has 56 heavy (non-hydrogen) atoms. The molecule has 2 aromatic carbocycles. The number of likely N-dealkylation sites (N-methyl/N-ethyl adjacent to an activating group) is 1. The highest BCUT2D eigenvalue weighted by atomic mass is 28.4. The van der Waals surface area contributed by atoms with Gasteiger partial charge in [-0.15, -0.1) is 0 Å². The fraction of sp³-hybridized carbons (Fsp3) is 0.400. The molecule has 1 aliphatic carbocycles. The second kappa shape index (κ2) is 17.2. The van der Waals surface area contributed by atoms with Crippen molar-refractivity contribution in [3.63, 3.8) is 0 Å². The molecule has 0 saturated heterocycles. The Balaban J connectivity index is 1.69. The quantitative estimate of drug-likeness (QED) is 0.156. The van der Waals surface area contributed by atoms with E-state index in [1.165, 1.54) is 36.4 Å². The predicted octanol–water partition coefficient (Wildman–Crippen LogP) is 11.4. The van der Waals surface area contributed by atoms with Crippen molar-refractivity contribution >= 4 is 20.1 Å². The van der Waals surface area contributed by atoms with Gasteiger partial charge in [0.05, 0.1) is 13.7 Å². The molecule has 1 aliphatic heterocycles. The van der Waals surface area contributed by atoms with Crippen LogP contribution in [0.5, 0.6) is 0 Å². The summed E-state index contributed by atoms with van der Waals surface area (Å²) in [4.78, 5) is 2.30. The van der Waals surface area contributed by atoms with Gasteiger partial charge in [0.15, 0.2) is 19.6 Å². The first-order valence-electron chi connectivity index (χ1n) is 18.6. The highest BCUT2D eigenvalue weighted by Crippen LogP contribution is 2.56. The standard InChI is InChI=1S/C45H51F3N4O3Si/c1-10-52(25-26-54-56(8,9)42(2,3)4)37-23-20-32(21-24-37)19-22-34-28-43(5,6)27-33(40(34)53-7)15-14-18-39-38(31-51)41(35(29-49)30-50)55-44(39,45(46,47)48)36-16-12-11-13-17-36/h11-24H,10,25-28H2,1-9H3/b18-14+,22-19+,33-15-. The van der Waals surface area contributed by atoms with Crippen LogP contribution in [-0.2, 0) is 19.5 Å². The van der Waals surface area contributed by atoms with E-state index in [4.69, 9.17) is 13.9 Å². The van der Waals surface area contributed by atoms with Gasteiger partial charge >= 0.3 is 6.18 Å². The Hall–Kier alpha value is -5.28. The van der Waals surface area contributed by atoms with E-state index in [0.717, 1.165) is 35.5 Å². The number of rotatable bonds is 12. The monoisotopic (exact) mass is 780 g/mol. The topological polar surface area (TPSA) is 102 Å². The third-order valence-electron chi connectivity index (χ3n) is 10.7. The van der Waals surface area contributed by atoms with Gasteiger partial charge in [0.25, 0.3) is 5.60 Å². The van der Waals surface area contributed by atoms with Crippen molar-refractivity contribution in [2.75, 3.05) is 31.7 Å². The minimum Gasteiger partial charge on any atom is -0.496 e. The Morgan fingerprint density at radius 1 is 0.946 bits per heavy atom. The van der Waals surface area contributed by atoms with Crippen LogP contribution < -0.4 is 4.90 Å². The first-order valence-corrected chi connectivity index (χ1v) is 21.5. The Kier molecular flexibility index (Phi) is 13.4. The summed E-state index contributed by atoms with van der Waals surface area (Å²) in [6.07, 6.45) is 4.54. The average Bonchev–Trinajstić information content (AvgIpc) is 3.48. The molecule has 0 spiro atoms. The lowest BCUT2D eigenvalue weighted by Crippen LogP contribution is -2.43. The molecular formula is C45H51F3N4O3Si. The molecule has 1 heterocycles. The zero-order valence-electron chi connectivity index (χ0n) is 33.8. The number of nitriles is 3. The molecule has 0 fully saturated rings. The zero-order valence-corrected chi connectivity index (χ0v) is 34.8. The van der Waals surface area contributed by atoms with Gasteiger partial charge in [0.2, 0.25) is 0 Å². The van der Waals surface area contributed by atoms with Crippen molar-refractivity contribution in [2.45, 2.75) is 84.3 Å². The van der Waals surface area contributed by atoms with E-state index >= 15 is 13.2 Å². The van der Waals surface area contributed by atoms with Gasteiger partial charge in [-0.1, -0.05) is 107 Å². The molecule has 0 radical (unpaired) electrons. The van der Waals surface area contributed by atoms with Crippen molar-refractivity contribution in [3.05, 3.63) is 129 Å². The average molecular weight is 781 g/mol. The Bertz CT molecular complexity index is 2070. The van der Waals surface area contributed by atoms with Crippen molar-refractivity contribution in [1.29, 1.82) is 15.8 Å². The van der Waals surface area contributed by atoms with Crippen LogP contribution in [-0.4, -0.2) is 41.3 Å². The summed E-state index contributed by atoms with van der Waals surface area (Å²) in [5.74, 6) is -0.0966. The maximum atomic E-state index is 15.2. The molecule has 0 N–H and O–H groups in total. The zero-order chi connectivity index (χ0) is 41.5. The lowest BCUT2D eigenvalue weighted by molar-refractivity contribution is -0.249. The number of hydrogen-bond acceptors (Lipinski definition) is 7. The number of ether oxygens (including phenoxy) is 2. The van der Waals surface area contributed by atoms with Crippen molar-refractivity contribution in [1.82, 2.24) is 0 Å². The van der Waals surface area contributed by atoms with E-state index in [-0.39, 0.29) is 16.0 Å². The van der Waals surface area contributed by atoms with Crippen LogP contribution in [0.15, 0.2) is 118 Å². The van der Waals surface area contributed by atoms with Crippen LogP contribution in [0.2, 0.25) is 18.1 Å². The molecule has 1 atom stereocenters. The summed E-state index contributed by atoms with van der Waals surface area (Å²) in [5.41, 5.74) is -1.65. The van der Waals surface area contributed by atoms with Gasteiger partial charge in [-0.3, -0.25) is 0 Å². The van der Waals surface area contributed by atoms with Crippen molar-refractivity contribution in [3.8, 4) is 18.2 Å². The van der Waals surface area contributed by atoms with Crippen LogP contribution in [0.4, 0.5) is 18.9 Å². The molecular weight excluding hydrogens is 730 g/mol. The second-order valence-electron chi connectivity index (χ2n) is 16.2. The molecule has 2 aliphatic rings. The van der Waals surface area contributed by atoms with Gasteiger partial charge in [-0.25, -0.2) is 0 Å². The number of halogens is 3. The molecule has 0 bridgehead atoms. The van der Waals surface area contributed by atoms with E-state index in [0.29, 0.717) is 25.2 Å². The Labute approximate surface area is 331 Å². The minimum absolute atomic E-state index is 0.152. The number of anilines is 1. The molecule has 0 amide bonds. The molecule has 294 valence electrons. The third kappa shape index (κ3) is 9.21. The number of benzene rings is 2. The van der Waals surface area contributed by atoms with Crippen LogP contribution in [0, 0.1) is 39.4 Å². The molecule has 2 aromatic rings. The summed E-state index contributed by atoms with van der Waals surface area (Å²) in [7, 11) is -0.273. The SMILES string of the molecule is CCN(CCO[Si](C)(C)C(C)(C)C)c1ccc(/C=C/C2=C(OC)C(=C\C=C\C3=C(C#N)C(=C(C#N)C#N)OC3(c3ccccc3)C(F)(F)F)/CC(C)(C)C2)cc1. The van der Waals surface area contributed by atoms with Crippen molar-refractivity contribution in [2.24, 2.45) is 5.41 Å². The van der Waals surface area contributed by atoms with Gasteiger partial charge in [0.1, 0.15) is 29.5 Å². The largest absolute Gasteiger partial charge is 0.496 e. The summed E-state index contributed by atoms with van der Waals surface area (Å²) in [5, 5.41) is 29.4. The van der Waals surface area contributed by atoms with Gasteiger partial charge in [0, 0.05) is 29.9 Å². The van der Waals surface area contributed by atoms with Crippen LogP contribution in [0.25, 0.3) is 6.08 Å². The van der Waals surface area contributed by atoms with Gasteiger partial charge in [-0.2, -0.15) is 29.0 Å². The van der Waals surface area contributed by atoms with E-state index in [1.54, 1.807) is 37.5 Å². The summed E-state index contributed by atoms with van der Waals surface area (Å²) in [6.45, 7) is 19.9. The fourth-order valence-electron chi connectivity index (χ4n) is 6.78. The van der Waals surface area contributed by atoms with Crippen LogP contribution >= 0.6 is 0 Å². The van der Waals surface area contributed by atoms with E-state index in [1.807, 2.05) is 12.2 Å². The number of alkyl halides is 3. The van der Waals surface area contributed by atoms with E-state index in [9.17, 15) is 15.8 Å². The molecule has 1 unspecified atom stereocenters. The number of nitrogens with zero attached hydrogens (tertiary/aromatic N) is 4. The van der Waals surface area contributed by atoms with Crippen LogP contribution in [0.3, 0.4) is 0 Å². The molecule has 0 aromatic heterocycles. The summed E-state index contributed by atoms with van der Waals surface area (Å²) >= 11 is 0. The summed E-state index contributed by atoms with van der Waals surface area (Å²) in [6, 6.07) is 20.2.